The Kier molecular flexibility index (Phi) is 2.84. The van der Waals surface area contributed by atoms with Crippen molar-refractivity contribution in [2.45, 2.75) is 13.5 Å². The number of furan rings is 1. The molecule has 0 aliphatic carbocycles. The molecule has 0 fully saturated rings. The third-order valence-corrected chi connectivity index (χ3v) is 3.27. The number of hydrogen-bond acceptors (Lipinski definition) is 2. The number of benzene rings is 2. The molecule has 0 saturated carbocycles. The third-order valence-electron chi connectivity index (χ3n) is 3.27. The zero-order valence-electron chi connectivity index (χ0n) is 10.6. The van der Waals surface area contributed by atoms with Crippen molar-refractivity contribution in [3.05, 3.63) is 59.4 Å². The first-order valence-corrected chi connectivity index (χ1v) is 6.17. The number of fused-ring (bicyclic) bond motifs is 1. The van der Waals surface area contributed by atoms with Crippen molar-refractivity contribution in [3.8, 4) is 11.3 Å². The molecule has 0 radical (unpaired) electrons. The van der Waals surface area contributed by atoms with E-state index >= 15 is 0 Å². The molecule has 3 rings (SSSR count). The molecule has 0 aliphatic heterocycles. The van der Waals surface area contributed by atoms with Crippen LogP contribution in [0, 0.1) is 12.7 Å². The van der Waals surface area contributed by atoms with E-state index in [-0.39, 0.29) is 5.82 Å². The number of aryl methyl sites for hydroxylation is 1. The van der Waals surface area contributed by atoms with Gasteiger partial charge >= 0.3 is 0 Å². The summed E-state index contributed by atoms with van der Waals surface area (Å²) in [4.78, 5) is 0. The van der Waals surface area contributed by atoms with Crippen LogP contribution < -0.4 is 5.73 Å². The zero-order chi connectivity index (χ0) is 13.4. The second kappa shape index (κ2) is 4.52. The van der Waals surface area contributed by atoms with Crippen LogP contribution in [0.1, 0.15) is 11.1 Å². The summed E-state index contributed by atoms with van der Waals surface area (Å²) < 4.78 is 19.7. The van der Waals surface area contributed by atoms with Crippen molar-refractivity contribution < 1.29 is 8.81 Å². The highest BCUT2D eigenvalue weighted by atomic mass is 19.1. The predicted molar refractivity (Wildman–Crippen MR) is 74.2 cm³/mol. The Labute approximate surface area is 110 Å². The summed E-state index contributed by atoms with van der Waals surface area (Å²) in [7, 11) is 0. The Morgan fingerprint density at radius 1 is 1.16 bits per heavy atom. The highest BCUT2D eigenvalue weighted by Gasteiger charge is 2.12. The van der Waals surface area contributed by atoms with Gasteiger partial charge in [0.05, 0.1) is 5.56 Å². The van der Waals surface area contributed by atoms with Crippen LogP contribution in [0.2, 0.25) is 0 Å². The quantitative estimate of drug-likeness (QED) is 0.751. The standard InChI is InChI=1S/C16H14FNO/c1-10-3-2-4-12-8-15(19-16(10)12)13-7-11(9-18)5-6-14(13)17/h2-8H,9,18H2,1H3. The second-order valence-electron chi connectivity index (χ2n) is 4.62. The molecule has 0 bridgehead atoms. The number of para-hydroxylation sites is 1. The maximum absolute atomic E-state index is 13.9. The predicted octanol–water partition coefficient (Wildman–Crippen LogP) is 4.01. The molecule has 0 atom stereocenters. The second-order valence-corrected chi connectivity index (χ2v) is 4.62. The average Bonchev–Trinajstić information content (AvgIpc) is 2.84. The fraction of sp³-hybridized carbons (Fsp3) is 0.125. The largest absolute Gasteiger partial charge is 0.456 e. The van der Waals surface area contributed by atoms with Crippen LogP contribution in [0.25, 0.3) is 22.3 Å². The summed E-state index contributed by atoms with van der Waals surface area (Å²) in [6.07, 6.45) is 0. The van der Waals surface area contributed by atoms with E-state index in [0.717, 1.165) is 22.1 Å². The maximum Gasteiger partial charge on any atom is 0.138 e. The van der Waals surface area contributed by atoms with Gasteiger partial charge in [-0.25, -0.2) is 4.39 Å². The minimum Gasteiger partial charge on any atom is -0.456 e. The molecule has 96 valence electrons. The Hall–Kier alpha value is -2.13. The smallest absolute Gasteiger partial charge is 0.138 e. The number of hydrogen-bond donors (Lipinski definition) is 1. The lowest BCUT2D eigenvalue weighted by atomic mass is 10.1. The molecular formula is C16H14FNO. The molecule has 19 heavy (non-hydrogen) atoms. The molecule has 3 aromatic rings. The van der Waals surface area contributed by atoms with Gasteiger partial charge < -0.3 is 10.2 Å². The Bertz CT molecular complexity index is 746. The summed E-state index contributed by atoms with van der Waals surface area (Å²) in [5.74, 6) is 0.242. The van der Waals surface area contributed by atoms with E-state index in [1.165, 1.54) is 6.07 Å². The van der Waals surface area contributed by atoms with Gasteiger partial charge in [-0.1, -0.05) is 24.3 Å². The minimum atomic E-state index is -0.297. The molecule has 3 heteroatoms. The third kappa shape index (κ3) is 2.02. The molecule has 1 heterocycles. The number of rotatable bonds is 2. The first kappa shape index (κ1) is 11.9. The van der Waals surface area contributed by atoms with E-state index in [4.69, 9.17) is 10.2 Å². The highest BCUT2D eigenvalue weighted by Crippen LogP contribution is 2.31. The Morgan fingerprint density at radius 3 is 2.74 bits per heavy atom. The maximum atomic E-state index is 13.9. The topological polar surface area (TPSA) is 39.2 Å². The Balaban J connectivity index is 2.21. The number of halogens is 1. The van der Waals surface area contributed by atoms with Gasteiger partial charge in [0.2, 0.25) is 0 Å². The molecule has 0 saturated heterocycles. The van der Waals surface area contributed by atoms with Crippen molar-refractivity contribution >= 4 is 11.0 Å². The molecule has 2 N–H and O–H groups in total. The van der Waals surface area contributed by atoms with Crippen LogP contribution in [-0.4, -0.2) is 0 Å². The van der Waals surface area contributed by atoms with Gasteiger partial charge in [-0.15, -0.1) is 0 Å². The number of nitrogens with two attached hydrogens (primary N) is 1. The SMILES string of the molecule is Cc1cccc2cc(-c3cc(CN)ccc3F)oc12. The molecule has 0 unspecified atom stereocenters. The fourth-order valence-corrected chi connectivity index (χ4v) is 2.23. The zero-order valence-corrected chi connectivity index (χ0v) is 10.6. The lowest BCUT2D eigenvalue weighted by Crippen LogP contribution is -1.97. The average molecular weight is 255 g/mol. The summed E-state index contributed by atoms with van der Waals surface area (Å²) in [5.41, 5.74) is 8.77. The van der Waals surface area contributed by atoms with Gasteiger partial charge in [0.25, 0.3) is 0 Å². The van der Waals surface area contributed by atoms with E-state index < -0.39 is 0 Å². The summed E-state index contributed by atoms with van der Waals surface area (Å²) >= 11 is 0. The molecular weight excluding hydrogens is 241 g/mol. The van der Waals surface area contributed by atoms with Crippen LogP contribution in [0.5, 0.6) is 0 Å². The van der Waals surface area contributed by atoms with Gasteiger partial charge in [-0.3, -0.25) is 0 Å². The van der Waals surface area contributed by atoms with Crippen molar-refractivity contribution in [1.82, 2.24) is 0 Å². The van der Waals surface area contributed by atoms with Crippen LogP contribution in [-0.2, 0) is 6.54 Å². The van der Waals surface area contributed by atoms with Crippen molar-refractivity contribution in [2.75, 3.05) is 0 Å². The first-order chi connectivity index (χ1) is 9.19. The van der Waals surface area contributed by atoms with E-state index in [0.29, 0.717) is 17.9 Å². The monoisotopic (exact) mass is 255 g/mol. The van der Waals surface area contributed by atoms with Crippen molar-refractivity contribution in [1.29, 1.82) is 0 Å². The first-order valence-electron chi connectivity index (χ1n) is 6.17. The van der Waals surface area contributed by atoms with Crippen molar-refractivity contribution in [3.63, 3.8) is 0 Å². The van der Waals surface area contributed by atoms with Gasteiger partial charge in [0, 0.05) is 11.9 Å². The molecule has 2 nitrogen and oxygen atoms in total. The van der Waals surface area contributed by atoms with Gasteiger partial charge in [-0.2, -0.15) is 0 Å². The fourth-order valence-electron chi connectivity index (χ4n) is 2.23. The summed E-state index contributed by atoms with van der Waals surface area (Å²) in [5, 5.41) is 0.979. The molecule has 2 aromatic carbocycles. The summed E-state index contributed by atoms with van der Waals surface area (Å²) in [6, 6.07) is 12.6. The van der Waals surface area contributed by atoms with E-state index in [1.54, 1.807) is 12.1 Å². The normalized spacial score (nSPS) is 11.1. The van der Waals surface area contributed by atoms with E-state index in [9.17, 15) is 4.39 Å². The molecule has 0 spiro atoms. The highest BCUT2D eigenvalue weighted by molar-refractivity contribution is 5.85. The van der Waals surface area contributed by atoms with Crippen LogP contribution >= 0.6 is 0 Å². The van der Waals surface area contributed by atoms with Crippen LogP contribution in [0.3, 0.4) is 0 Å². The molecule has 1 aromatic heterocycles. The van der Waals surface area contributed by atoms with Gasteiger partial charge in [-0.05, 0) is 36.2 Å². The van der Waals surface area contributed by atoms with Gasteiger partial charge in [0.1, 0.15) is 17.2 Å². The molecule has 0 aliphatic rings. The van der Waals surface area contributed by atoms with Crippen molar-refractivity contribution in [2.24, 2.45) is 5.73 Å². The van der Waals surface area contributed by atoms with Gasteiger partial charge in [0.15, 0.2) is 0 Å². The van der Waals surface area contributed by atoms with Crippen LogP contribution in [0.15, 0.2) is 46.9 Å². The lowest BCUT2D eigenvalue weighted by Gasteiger charge is -2.02. The lowest BCUT2D eigenvalue weighted by molar-refractivity contribution is 0.599. The van der Waals surface area contributed by atoms with Crippen LogP contribution in [0.4, 0.5) is 4.39 Å². The minimum absolute atomic E-state index is 0.297. The van der Waals surface area contributed by atoms with E-state index in [2.05, 4.69) is 0 Å². The summed E-state index contributed by atoms with van der Waals surface area (Å²) in [6.45, 7) is 2.36. The van der Waals surface area contributed by atoms with E-state index in [1.807, 2.05) is 31.2 Å². The molecule has 0 amide bonds. The Morgan fingerprint density at radius 2 is 2.00 bits per heavy atom.